The van der Waals surface area contributed by atoms with Crippen LogP contribution in [0.1, 0.15) is 89.0 Å². The monoisotopic (exact) mass is 346 g/mol. The molecule has 6 heteroatoms. The van der Waals surface area contributed by atoms with Crippen LogP contribution < -0.4 is 0 Å². The van der Waals surface area contributed by atoms with Crippen molar-refractivity contribution >= 4 is 0 Å². The average Bonchev–Trinajstić information content (AvgIpc) is 3.36. The number of nitrogens with zero attached hydrogens (tertiary/aromatic N) is 6. The smallest absolute Gasteiger partial charge is 0.168 e. The zero-order chi connectivity index (χ0) is 17.1. The van der Waals surface area contributed by atoms with Gasteiger partial charge in [0.05, 0.1) is 12.1 Å². The molecule has 0 radical (unpaired) electrons. The van der Waals surface area contributed by atoms with Crippen molar-refractivity contribution in [1.29, 1.82) is 0 Å². The molecule has 0 amide bonds. The van der Waals surface area contributed by atoms with Gasteiger partial charge in [0.2, 0.25) is 0 Å². The van der Waals surface area contributed by atoms with Crippen LogP contribution in [0.3, 0.4) is 0 Å². The predicted octanol–water partition coefficient (Wildman–Crippen LogP) is 3.19. The van der Waals surface area contributed by atoms with Crippen LogP contribution in [0.2, 0.25) is 0 Å². The van der Waals surface area contributed by atoms with Crippen molar-refractivity contribution < 1.29 is 0 Å². The van der Waals surface area contributed by atoms with Crippen LogP contribution in [0, 0.1) is 0 Å². The molecule has 1 atom stereocenters. The molecule has 0 bridgehead atoms. The number of piperazine rings is 1. The maximum absolute atomic E-state index is 4.48. The Labute approximate surface area is 151 Å². The topological polar surface area (TPSA) is 50.1 Å². The first-order valence-corrected chi connectivity index (χ1v) is 10.6. The Hall–Kier alpha value is -1.01. The van der Waals surface area contributed by atoms with E-state index in [1.165, 1.54) is 70.9 Å². The highest BCUT2D eigenvalue weighted by molar-refractivity contribution is 4.97. The third kappa shape index (κ3) is 3.75. The highest BCUT2D eigenvalue weighted by Crippen LogP contribution is 2.32. The Balaban J connectivity index is 1.42. The van der Waals surface area contributed by atoms with Gasteiger partial charge in [-0.15, -0.1) is 5.10 Å². The lowest BCUT2D eigenvalue weighted by atomic mass is 9.95. The van der Waals surface area contributed by atoms with Gasteiger partial charge in [-0.05, 0) is 42.5 Å². The Bertz CT molecular complexity index is 524. The Kier molecular flexibility index (Phi) is 5.66. The fourth-order valence-corrected chi connectivity index (χ4v) is 5.29. The lowest BCUT2D eigenvalue weighted by Gasteiger charge is -2.41. The van der Waals surface area contributed by atoms with Gasteiger partial charge in [-0.25, -0.2) is 4.68 Å². The summed E-state index contributed by atoms with van der Waals surface area (Å²) in [5, 5.41) is 12.9. The minimum absolute atomic E-state index is 0.377. The van der Waals surface area contributed by atoms with Crippen molar-refractivity contribution in [3.8, 4) is 0 Å². The molecule has 0 N–H and O–H groups in total. The molecule has 2 aliphatic carbocycles. The van der Waals surface area contributed by atoms with Crippen molar-refractivity contribution in [1.82, 2.24) is 30.0 Å². The second-order valence-corrected chi connectivity index (χ2v) is 8.21. The van der Waals surface area contributed by atoms with Crippen LogP contribution >= 0.6 is 0 Å². The van der Waals surface area contributed by atoms with E-state index >= 15 is 0 Å². The number of aromatic nitrogens is 4. The number of rotatable bonds is 5. The molecule has 3 aliphatic rings. The largest absolute Gasteiger partial charge is 0.298 e. The van der Waals surface area contributed by atoms with Gasteiger partial charge in [0.1, 0.15) is 0 Å². The lowest BCUT2D eigenvalue weighted by Crippen LogP contribution is -2.50. The quantitative estimate of drug-likeness (QED) is 0.819. The molecule has 140 valence electrons. The number of hydrogen-bond acceptors (Lipinski definition) is 5. The predicted molar refractivity (Wildman–Crippen MR) is 98.4 cm³/mol. The van der Waals surface area contributed by atoms with Crippen LogP contribution in [0.15, 0.2) is 0 Å². The molecular formula is C19H34N6. The molecule has 1 aromatic heterocycles. The van der Waals surface area contributed by atoms with Gasteiger partial charge in [0.15, 0.2) is 5.82 Å². The van der Waals surface area contributed by atoms with Crippen LogP contribution in [0.5, 0.6) is 0 Å². The van der Waals surface area contributed by atoms with Gasteiger partial charge in [0, 0.05) is 32.2 Å². The third-order valence-electron chi connectivity index (χ3n) is 6.75. The molecule has 2 heterocycles. The average molecular weight is 347 g/mol. The minimum Gasteiger partial charge on any atom is -0.298 e. The van der Waals surface area contributed by atoms with Crippen molar-refractivity contribution in [2.75, 3.05) is 26.2 Å². The Morgan fingerprint density at radius 3 is 2.20 bits per heavy atom. The van der Waals surface area contributed by atoms with E-state index in [1.807, 2.05) is 0 Å². The van der Waals surface area contributed by atoms with E-state index in [0.717, 1.165) is 31.4 Å². The summed E-state index contributed by atoms with van der Waals surface area (Å²) in [6.07, 6.45) is 13.3. The van der Waals surface area contributed by atoms with Crippen LogP contribution in [0.4, 0.5) is 0 Å². The molecule has 1 aliphatic heterocycles. The van der Waals surface area contributed by atoms with Gasteiger partial charge < -0.3 is 0 Å². The summed E-state index contributed by atoms with van der Waals surface area (Å²) in [7, 11) is 0. The highest BCUT2D eigenvalue weighted by atomic mass is 15.6. The maximum Gasteiger partial charge on any atom is 0.168 e. The first-order valence-electron chi connectivity index (χ1n) is 10.6. The lowest BCUT2D eigenvalue weighted by molar-refractivity contribution is 0.0633. The van der Waals surface area contributed by atoms with Crippen molar-refractivity contribution in [3.63, 3.8) is 0 Å². The second-order valence-electron chi connectivity index (χ2n) is 8.21. The van der Waals surface area contributed by atoms with Crippen molar-refractivity contribution in [2.24, 2.45) is 0 Å². The molecule has 0 aromatic carbocycles. The molecule has 4 rings (SSSR count). The summed E-state index contributed by atoms with van der Waals surface area (Å²) in [4.78, 5) is 5.37. The Morgan fingerprint density at radius 1 is 0.880 bits per heavy atom. The molecule has 0 unspecified atom stereocenters. The molecule has 6 nitrogen and oxygen atoms in total. The van der Waals surface area contributed by atoms with E-state index in [2.05, 4.69) is 36.9 Å². The minimum atomic E-state index is 0.377. The Morgan fingerprint density at radius 2 is 1.52 bits per heavy atom. The summed E-state index contributed by atoms with van der Waals surface area (Å²) in [5.41, 5.74) is 0. The normalized spacial score (nSPS) is 26.3. The van der Waals surface area contributed by atoms with E-state index in [-0.39, 0.29) is 0 Å². The van der Waals surface area contributed by atoms with Crippen molar-refractivity contribution in [2.45, 2.75) is 89.3 Å². The molecule has 1 aromatic rings. The standard InChI is InChI=1S/C19H34N6/c1-2-18(19-20-21-22-25(19)17-10-4-3-5-11-17)24-14-12-23(13-15-24)16-8-6-7-9-16/h16-18H,2-15H2,1H3/t18-/m1/s1. The number of hydrogen-bond donors (Lipinski definition) is 0. The maximum atomic E-state index is 4.48. The number of tetrazole rings is 1. The summed E-state index contributed by atoms with van der Waals surface area (Å²) in [5.74, 6) is 1.11. The van der Waals surface area contributed by atoms with E-state index in [9.17, 15) is 0 Å². The van der Waals surface area contributed by atoms with Crippen LogP contribution in [-0.2, 0) is 0 Å². The van der Waals surface area contributed by atoms with Crippen LogP contribution in [0.25, 0.3) is 0 Å². The zero-order valence-corrected chi connectivity index (χ0v) is 15.8. The summed E-state index contributed by atoms with van der Waals surface area (Å²) >= 11 is 0. The van der Waals surface area contributed by atoms with E-state index < -0.39 is 0 Å². The molecule has 0 spiro atoms. The highest BCUT2D eigenvalue weighted by Gasteiger charge is 2.32. The summed E-state index contributed by atoms with van der Waals surface area (Å²) < 4.78 is 2.18. The fraction of sp³-hybridized carbons (Fsp3) is 0.947. The van der Waals surface area contributed by atoms with Gasteiger partial charge in [0.25, 0.3) is 0 Å². The van der Waals surface area contributed by atoms with E-state index in [0.29, 0.717) is 12.1 Å². The second kappa shape index (κ2) is 8.12. The van der Waals surface area contributed by atoms with Gasteiger partial charge in [-0.3, -0.25) is 9.80 Å². The van der Waals surface area contributed by atoms with Crippen LogP contribution in [-0.4, -0.2) is 62.2 Å². The molecule has 1 saturated heterocycles. The van der Waals surface area contributed by atoms with Gasteiger partial charge in [-0.1, -0.05) is 39.0 Å². The first kappa shape index (κ1) is 17.4. The summed E-state index contributed by atoms with van der Waals surface area (Å²) in [6, 6.07) is 1.75. The summed E-state index contributed by atoms with van der Waals surface area (Å²) in [6.45, 7) is 7.03. The van der Waals surface area contributed by atoms with E-state index in [1.54, 1.807) is 0 Å². The zero-order valence-electron chi connectivity index (χ0n) is 15.8. The molecule has 3 fully saturated rings. The molecule has 25 heavy (non-hydrogen) atoms. The van der Waals surface area contributed by atoms with Gasteiger partial charge in [-0.2, -0.15) is 0 Å². The molecular weight excluding hydrogens is 312 g/mol. The van der Waals surface area contributed by atoms with E-state index in [4.69, 9.17) is 0 Å². The molecule has 2 saturated carbocycles. The van der Waals surface area contributed by atoms with Gasteiger partial charge >= 0.3 is 0 Å². The first-order chi connectivity index (χ1) is 12.4. The fourth-order valence-electron chi connectivity index (χ4n) is 5.29. The SMILES string of the molecule is CC[C@H](c1nnnn1C1CCCCC1)N1CCN(C2CCCC2)CC1. The third-order valence-corrected chi connectivity index (χ3v) is 6.75. The van der Waals surface area contributed by atoms with Crippen molar-refractivity contribution in [3.05, 3.63) is 5.82 Å².